The second-order valence-corrected chi connectivity index (χ2v) is 6.63. The molecule has 1 aliphatic heterocycles. The quantitative estimate of drug-likeness (QED) is 0.774. The number of aryl methyl sites for hydroxylation is 1. The number of rotatable bonds is 3. The summed E-state index contributed by atoms with van der Waals surface area (Å²) in [5.74, 6) is -1.27. The van der Waals surface area contributed by atoms with Crippen molar-refractivity contribution in [2.45, 2.75) is 13.0 Å². The summed E-state index contributed by atoms with van der Waals surface area (Å²) < 4.78 is 22.5. The normalized spacial score (nSPS) is 19.2. The fourth-order valence-corrected chi connectivity index (χ4v) is 3.12. The summed E-state index contributed by atoms with van der Waals surface area (Å²) in [6.45, 7) is 1.72. The van der Waals surface area contributed by atoms with Crippen LogP contribution in [0.1, 0.15) is 15.9 Å². The monoisotopic (exact) mass is 310 g/mol. The van der Waals surface area contributed by atoms with Gasteiger partial charge in [0.1, 0.15) is 0 Å². The van der Waals surface area contributed by atoms with Gasteiger partial charge in [0.15, 0.2) is 9.84 Å². The fourth-order valence-electron chi connectivity index (χ4n) is 1.88. The zero-order valence-corrected chi connectivity index (χ0v) is 12.0. The molecule has 0 spiro atoms. The molecule has 1 aromatic rings. The summed E-state index contributed by atoms with van der Waals surface area (Å²) in [5, 5.41) is 15.0. The highest BCUT2D eigenvalue weighted by Gasteiger charge is 2.23. The van der Waals surface area contributed by atoms with E-state index in [-0.39, 0.29) is 11.3 Å². The third-order valence-corrected chi connectivity index (χ3v) is 4.37. The van der Waals surface area contributed by atoms with Gasteiger partial charge in [-0.15, -0.1) is 0 Å². The molecule has 1 unspecified atom stereocenters. The molecule has 7 nitrogen and oxygen atoms in total. The summed E-state index contributed by atoms with van der Waals surface area (Å²) in [6.07, 6.45) is 1.40. The molecule has 0 bridgehead atoms. The summed E-state index contributed by atoms with van der Waals surface area (Å²) >= 11 is 0. The van der Waals surface area contributed by atoms with Crippen LogP contribution in [0.25, 0.3) is 0 Å². The van der Waals surface area contributed by atoms with Gasteiger partial charge in [-0.25, -0.2) is 18.0 Å². The maximum absolute atomic E-state index is 11.8. The second kappa shape index (κ2) is 5.57. The Bertz CT molecular complexity index is 724. The van der Waals surface area contributed by atoms with Crippen molar-refractivity contribution >= 4 is 27.5 Å². The minimum Gasteiger partial charge on any atom is -0.478 e. The number of anilines is 1. The van der Waals surface area contributed by atoms with Crippen LogP contribution in [0.3, 0.4) is 0 Å². The Labute approximate surface area is 121 Å². The van der Waals surface area contributed by atoms with Gasteiger partial charge < -0.3 is 15.7 Å². The Morgan fingerprint density at radius 1 is 1.33 bits per heavy atom. The molecule has 0 saturated carbocycles. The van der Waals surface area contributed by atoms with Crippen molar-refractivity contribution in [1.29, 1.82) is 0 Å². The number of urea groups is 1. The van der Waals surface area contributed by atoms with Crippen LogP contribution in [0.5, 0.6) is 0 Å². The Kier molecular flexibility index (Phi) is 3.99. The lowest BCUT2D eigenvalue weighted by Crippen LogP contribution is -2.38. The first-order valence-electron chi connectivity index (χ1n) is 6.09. The zero-order valence-electron chi connectivity index (χ0n) is 11.2. The molecule has 2 rings (SSSR count). The van der Waals surface area contributed by atoms with Crippen molar-refractivity contribution in [3.63, 3.8) is 0 Å². The molecule has 0 radical (unpaired) electrons. The highest BCUT2D eigenvalue weighted by molar-refractivity contribution is 7.94. The Morgan fingerprint density at radius 2 is 2.05 bits per heavy atom. The van der Waals surface area contributed by atoms with E-state index in [1.807, 2.05) is 0 Å². The van der Waals surface area contributed by atoms with Gasteiger partial charge in [0, 0.05) is 11.1 Å². The van der Waals surface area contributed by atoms with E-state index in [1.165, 1.54) is 18.2 Å². The Balaban J connectivity index is 2.05. The van der Waals surface area contributed by atoms with E-state index in [9.17, 15) is 18.0 Å². The van der Waals surface area contributed by atoms with Crippen LogP contribution in [-0.2, 0) is 9.84 Å². The Hall–Kier alpha value is -2.35. The molecule has 0 aliphatic carbocycles. The van der Waals surface area contributed by atoms with Gasteiger partial charge in [0.2, 0.25) is 0 Å². The number of nitrogens with one attached hydrogen (secondary N) is 2. The minimum atomic E-state index is -3.24. The molecule has 0 fully saturated rings. The predicted molar refractivity (Wildman–Crippen MR) is 77.0 cm³/mol. The van der Waals surface area contributed by atoms with E-state index in [0.717, 1.165) is 5.41 Å². The SMILES string of the molecule is Cc1ccc(C(=O)O)cc1NC(=O)NC1C=CS(=O)(=O)C1. The average molecular weight is 310 g/mol. The number of hydrogen-bond donors (Lipinski definition) is 3. The van der Waals surface area contributed by atoms with Crippen molar-refractivity contribution in [2.24, 2.45) is 0 Å². The Morgan fingerprint density at radius 3 is 2.62 bits per heavy atom. The third kappa shape index (κ3) is 3.82. The predicted octanol–water partition coefficient (Wildman–Crippen LogP) is 1.13. The molecule has 1 atom stereocenters. The van der Waals surface area contributed by atoms with E-state index >= 15 is 0 Å². The number of hydrogen-bond acceptors (Lipinski definition) is 4. The minimum absolute atomic E-state index is 0.0549. The fraction of sp³-hybridized carbons (Fsp3) is 0.231. The van der Waals surface area contributed by atoms with Gasteiger partial charge in [0.25, 0.3) is 0 Å². The molecule has 112 valence electrons. The van der Waals surface area contributed by atoms with Crippen molar-refractivity contribution in [3.05, 3.63) is 40.8 Å². The number of benzene rings is 1. The van der Waals surface area contributed by atoms with E-state index in [1.54, 1.807) is 13.0 Å². The largest absolute Gasteiger partial charge is 0.478 e. The summed E-state index contributed by atoms with van der Waals surface area (Å²) in [4.78, 5) is 22.7. The number of sulfone groups is 1. The smallest absolute Gasteiger partial charge is 0.335 e. The highest BCUT2D eigenvalue weighted by Crippen LogP contribution is 2.17. The first kappa shape index (κ1) is 15.0. The number of amides is 2. The van der Waals surface area contributed by atoms with E-state index in [4.69, 9.17) is 5.11 Å². The average Bonchev–Trinajstić information content (AvgIpc) is 2.71. The summed E-state index contributed by atoms with van der Waals surface area (Å²) in [7, 11) is -3.24. The van der Waals surface area contributed by atoms with E-state index < -0.39 is 27.9 Å². The van der Waals surface area contributed by atoms with Crippen LogP contribution in [0.2, 0.25) is 0 Å². The molecule has 0 aromatic heterocycles. The van der Waals surface area contributed by atoms with Crippen LogP contribution >= 0.6 is 0 Å². The van der Waals surface area contributed by atoms with Crippen LogP contribution < -0.4 is 10.6 Å². The van der Waals surface area contributed by atoms with E-state index in [2.05, 4.69) is 10.6 Å². The molecule has 1 aromatic carbocycles. The highest BCUT2D eigenvalue weighted by atomic mass is 32.2. The molecular formula is C13H14N2O5S. The van der Waals surface area contributed by atoms with Crippen molar-refractivity contribution in [1.82, 2.24) is 5.32 Å². The molecule has 2 amide bonds. The van der Waals surface area contributed by atoms with Gasteiger partial charge in [-0.1, -0.05) is 6.07 Å². The molecule has 0 saturated heterocycles. The lowest BCUT2D eigenvalue weighted by Gasteiger charge is -2.13. The maximum atomic E-state index is 11.8. The van der Waals surface area contributed by atoms with Crippen LogP contribution in [-0.4, -0.2) is 37.3 Å². The van der Waals surface area contributed by atoms with Gasteiger partial charge in [-0.3, -0.25) is 0 Å². The third-order valence-electron chi connectivity index (χ3n) is 2.98. The summed E-state index contributed by atoms with van der Waals surface area (Å²) in [5.41, 5.74) is 1.11. The number of carbonyl (C=O) groups excluding carboxylic acids is 1. The molecule has 1 aliphatic rings. The molecule has 8 heteroatoms. The van der Waals surface area contributed by atoms with Crippen LogP contribution in [0.15, 0.2) is 29.7 Å². The number of carboxylic acids is 1. The van der Waals surface area contributed by atoms with Gasteiger partial charge in [-0.05, 0) is 30.7 Å². The van der Waals surface area contributed by atoms with E-state index in [0.29, 0.717) is 11.3 Å². The van der Waals surface area contributed by atoms with Crippen LogP contribution in [0, 0.1) is 6.92 Å². The second-order valence-electron chi connectivity index (χ2n) is 4.70. The standard InChI is InChI=1S/C13H14N2O5S/c1-8-2-3-9(12(16)17)6-11(8)15-13(18)14-10-4-5-21(19,20)7-10/h2-6,10H,7H2,1H3,(H,16,17)(H2,14,15,18). The molecule has 1 heterocycles. The number of carboxylic acid groups (broad SMARTS) is 1. The van der Waals surface area contributed by atoms with Crippen molar-refractivity contribution in [2.75, 3.05) is 11.1 Å². The molecule has 21 heavy (non-hydrogen) atoms. The topological polar surface area (TPSA) is 113 Å². The van der Waals surface area contributed by atoms with Gasteiger partial charge >= 0.3 is 12.0 Å². The zero-order chi connectivity index (χ0) is 15.6. The number of carbonyl (C=O) groups is 2. The van der Waals surface area contributed by atoms with Crippen molar-refractivity contribution in [3.8, 4) is 0 Å². The maximum Gasteiger partial charge on any atom is 0.335 e. The lowest BCUT2D eigenvalue weighted by atomic mass is 10.1. The van der Waals surface area contributed by atoms with Gasteiger partial charge in [0.05, 0.1) is 17.4 Å². The summed E-state index contributed by atoms with van der Waals surface area (Å²) in [6, 6.07) is 3.19. The first-order valence-corrected chi connectivity index (χ1v) is 7.81. The van der Waals surface area contributed by atoms with Gasteiger partial charge in [-0.2, -0.15) is 0 Å². The molecule has 3 N–H and O–H groups in total. The molecular weight excluding hydrogens is 296 g/mol. The van der Waals surface area contributed by atoms with Crippen molar-refractivity contribution < 1.29 is 23.1 Å². The number of aromatic carboxylic acids is 1. The van der Waals surface area contributed by atoms with Crippen LogP contribution in [0.4, 0.5) is 10.5 Å². The lowest BCUT2D eigenvalue weighted by molar-refractivity contribution is 0.0697. The first-order chi connectivity index (χ1) is 9.77.